The van der Waals surface area contributed by atoms with Crippen molar-refractivity contribution in [2.24, 2.45) is 0 Å². The van der Waals surface area contributed by atoms with Gasteiger partial charge in [0.05, 0.1) is 16.0 Å². The summed E-state index contributed by atoms with van der Waals surface area (Å²) in [6.07, 6.45) is 4.63. The molecule has 0 saturated carbocycles. The van der Waals surface area contributed by atoms with E-state index in [1.165, 1.54) is 49.1 Å². The highest BCUT2D eigenvalue weighted by molar-refractivity contribution is 6.04. The van der Waals surface area contributed by atoms with E-state index in [2.05, 4.69) is 24.0 Å². The lowest BCUT2D eigenvalue weighted by molar-refractivity contribution is -0.384. The smallest absolute Gasteiger partial charge is 0.336 e. The van der Waals surface area contributed by atoms with Gasteiger partial charge in [-0.05, 0) is 42.7 Å². The number of unbranched alkanes of at least 4 members (excludes halogenated alkanes) is 2. The number of aromatic nitrogens is 1. The summed E-state index contributed by atoms with van der Waals surface area (Å²) in [4.78, 5) is 26.8. The fraction of sp³-hybridized carbons (Fsp3) is 0.200. The number of hydrogen-bond donors (Lipinski definition) is 1. The van der Waals surface area contributed by atoms with Crippen molar-refractivity contribution < 1.29 is 19.2 Å². The predicted molar refractivity (Wildman–Crippen MR) is 122 cm³/mol. The Balaban J connectivity index is 1.66. The number of nitro benzene ring substituents is 1. The molecule has 0 bridgehead atoms. The number of nitrogens with zero attached hydrogens (tertiary/aromatic N) is 2. The molecule has 32 heavy (non-hydrogen) atoms. The van der Waals surface area contributed by atoms with E-state index < -0.39 is 10.9 Å². The number of carboxylic acid groups (broad SMARTS) is 1. The second-order valence-electron chi connectivity index (χ2n) is 7.64. The maximum absolute atomic E-state index is 11.8. The summed E-state index contributed by atoms with van der Waals surface area (Å²) in [6, 6.07) is 17.1. The molecule has 0 unspecified atom stereocenters. The molecule has 0 radical (unpaired) electrons. The summed E-state index contributed by atoms with van der Waals surface area (Å²) in [6.45, 7) is 2.19. The number of non-ortho nitro benzene ring substituents is 1. The zero-order valence-electron chi connectivity index (χ0n) is 17.6. The van der Waals surface area contributed by atoms with Gasteiger partial charge in [0.1, 0.15) is 11.5 Å². The second kappa shape index (κ2) is 9.01. The fourth-order valence-corrected chi connectivity index (χ4v) is 3.68. The molecular weight excluding hydrogens is 408 g/mol. The number of furan rings is 1. The molecule has 2 aromatic heterocycles. The van der Waals surface area contributed by atoms with Crippen LogP contribution in [0.2, 0.25) is 0 Å². The quantitative estimate of drug-likeness (QED) is 0.194. The maximum atomic E-state index is 11.8. The number of carboxylic acids is 1. The molecule has 0 aliphatic rings. The largest absolute Gasteiger partial charge is 0.478 e. The third-order valence-electron chi connectivity index (χ3n) is 5.40. The summed E-state index contributed by atoms with van der Waals surface area (Å²) in [7, 11) is 0. The zero-order valence-corrected chi connectivity index (χ0v) is 17.6. The molecule has 0 saturated heterocycles. The molecule has 2 aromatic carbocycles. The number of aromatic carboxylic acids is 1. The van der Waals surface area contributed by atoms with E-state index in [0.717, 1.165) is 12.0 Å². The van der Waals surface area contributed by atoms with Gasteiger partial charge in [-0.2, -0.15) is 0 Å². The van der Waals surface area contributed by atoms with Crippen molar-refractivity contribution in [2.75, 3.05) is 0 Å². The van der Waals surface area contributed by atoms with Gasteiger partial charge in [-0.3, -0.25) is 10.1 Å². The van der Waals surface area contributed by atoms with E-state index in [-0.39, 0.29) is 16.6 Å². The molecule has 4 rings (SSSR count). The summed E-state index contributed by atoms with van der Waals surface area (Å²) >= 11 is 0. The zero-order chi connectivity index (χ0) is 22.7. The highest BCUT2D eigenvalue weighted by atomic mass is 16.6. The van der Waals surface area contributed by atoms with E-state index in [1.807, 2.05) is 18.2 Å². The minimum Gasteiger partial charge on any atom is -0.478 e. The van der Waals surface area contributed by atoms with Crippen LogP contribution >= 0.6 is 0 Å². The SMILES string of the molecule is CCCCCc1ccc(-c2ccc(-c3cc(C(=O)O)c4cc([N+](=O)[O-])ccc4n3)o2)cc1. The van der Waals surface area contributed by atoms with Gasteiger partial charge in [0, 0.05) is 23.1 Å². The summed E-state index contributed by atoms with van der Waals surface area (Å²) in [5, 5.41) is 20.9. The molecule has 0 aliphatic heterocycles. The van der Waals surface area contributed by atoms with Crippen LogP contribution in [0.1, 0.15) is 42.1 Å². The molecule has 7 heteroatoms. The first-order valence-corrected chi connectivity index (χ1v) is 10.5. The number of carbonyl (C=O) groups is 1. The lowest BCUT2D eigenvalue weighted by atomic mass is 10.0. The molecule has 4 aromatic rings. The lowest BCUT2D eigenvalue weighted by Crippen LogP contribution is -2.01. The average Bonchev–Trinajstić information content (AvgIpc) is 3.29. The Labute approximate surface area is 184 Å². The minimum absolute atomic E-state index is 0.0666. The Bertz CT molecular complexity index is 1290. The first-order valence-electron chi connectivity index (χ1n) is 10.5. The van der Waals surface area contributed by atoms with Gasteiger partial charge in [0.2, 0.25) is 0 Å². The molecule has 0 spiro atoms. The monoisotopic (exact) mass is 430 g/mol. The van der Waals surface area contributed by atoms with Crippen LogP contribution < -0.4 is 0 Å². The average molecular weight is 430 g/mol. The molecule has 162 valence electrons. The van der Waals surface area contributed by atoms with Crippen LogP contribution in [0.25, 0.3) is 33.7 Å². The molecule has 0 fully saturated rings. The molecule has 0 aliphatic carbocycles. The van der Waals surface area contributed by atoms with Crippen LogP contribution in [0, 0.1) is 10.1 Å². The molecule has 0 amide bonds. The van der Waals surface area contributed by atoms with Crippen LogP contribution in [0.15, 0.2) is 65.1 Å². The lowest BCUT2D eigenvalue weighted by Gasteiger charge is -2.06. The van der Waals surface area contributed by atoms with Crippen LogP contribution in [-0.2, 0) is 6.42 Å². The van der Waals surface area contributed by atoms with E-state index in [1.54, 1.807) is 6.07 Å². The molecule has 2 heterocycles. The third-order valence-corrected chi connectivity index (χ3v) is 5.40. The number of aryl methyl sites for hydroxylation is 1. The topological polar surface area (TPSA) is 106 Å². The van der Waals surface area contributed by atoms with E-state index in [4.69, 9.17) is 4.42 Å². The molecule has 1 N–H and O–H groups in total. The molecular formula is C25H22N2O5. The number of fused-ring (bicyclic) bond motifs is 1. The molecule has 7 nitrogen and oxygen atoms in total. The van der Waals surface area contributed by atoms with Gasteiger partial charge >= 0.3 is 5.97 Å². The fourth-order valence-electron chi connectivity index (χ4n) is 3.68. The van der Waals surface area contributed by atoms with Crippen LogP contribution in [0.3, 0.4) is 0 Å². The first kappa shape index (κ1) is 21.2. The van der Waals surface area contributed by atoms with Crippen molar-refractivity contribution >= 4 is 22.6 Å². The van der Waals surface area contributed by atoms with Crippen molar-refractivity contribution in [3.05, 3.63) is 81.9 Å². The van der Waals surface area contributed by atoms with Crippen LogP contribution in [0.4, 0.5) is 5.69 Å². The summed E-state index contributed by atoms with van der Waals surface area (Å²) < 4.78 is 5.98. The van der Waals surface area contributed by atoms with Gasteiger partial charge < -0.3 is 9.52 Å². The Kier molecular flexibility index (Phi) is 5.98. The second-order valence-corrected chi connectivity index (χ2v) is 7.64. The van der Waals surface area contributed by atoms with Crippen LogP contribution in [-0.4, -0.2) is 21.0 Å². The Morgan fingerprint density at radius 2 is 1.78 bits per heavy atom. The third kappa shape index (κ3) is 4.37. The van der Waals surface area contributed by atoms with Crippen LogP contribution in [0.5, 0.6) is 0 Å². The van der Waals surface area contributed by atoms with Crippen molar-refractivity contribution in [2.45, 2.75) is 32.6 Å². The predicted octanol–water partition coefficient (Wildman–Crippen LogP) is 6.50. The Hall–Kier alpha value is -4.00. The summed E-state index contributed by atoms with van der Waals surface area (Å²) in [5.41, 5.74) is 2.65. The highest BCUT2D eigenvalue weighted by Crippen LogP contribution is 2.31. The number of hydrogen-bond acceptors (Lipinski definition) is 5. The van der Waals surface area contributed by atoms with Crippen molar-refractivity contribution in [1.82, 2.24) is 4.98 Å². The molecule has 0 atom stereocenters. The van der Waals surface area contributed by atoms with Crippen molar-refractivity contribution in [3.63, 3.8) is 0 Å². The van der Waals surface area contributed by atoms with Gasteiger partial charge in [-0.1, -0.05) is 44.0 Å². The number of pyridine rings is 1. The van der Waals surface area contributed by atoms with Crippen molar-refractivity contribution in [3.8, 4) is 22.8 Å². The normalized spacial score (nSPS) is 11.0. The minimum atomic E-state index is -1.19. The number of benzene rings is 2. The van der Waals surface area contributed by atoms with Gasteiger partial charge in [0.25, 0.3) is 5.69 Å². The summed E-state index contributed by atoms with van der Waals surface area (Å²) in [5.74, 6) is -0.109. The first-order chi connectivity index (χ1) is 15.5. The number of nitro groups is 1. The van der Waals surface area contributed by atoms with Gasteiger partial charge in [-0.25, -0.2) is 9.78 Å². The Morgan fingerprint density at radius 1 is 1.03 bits per heavy atom. The van der Waals surface area contributed by atoms with E-state index >= 15 is 0 Å². The highest BCUT2D eigenvalue weighted by Gasteiger charge is 2.18. The van der Waals surface area contributed by atoms with Crippen molar-refractivity contribution in [1.29, 1.82) is 0 Å². The van der Waals surface area contributed by atoms with E-state index in [0.29, 0.717) is 22.7 Å². The maximum Gasteiger partial charge on any atom is 0.336 e. The van der Waals surface area contributed by atoms with Gasteiger partial charge in [-0.15, -0.1) is 0 Å². The van der Waals surface area contributed by atoms with E-state index in [9.17, 15) is 20.0 Å². The standard InChI is InChI=1S/C25H22N2O5/c1-2-3-4-5-16-6-8-17(9-7-16)23-12-13-24(32-23)22-15-20(25(28)29)19-14-18(27(30)31)10-11-21(19)26-22/h6-15H,2-5H2,1H3,(H,28,29). The number of rotatable bonds is 8. The van der Waals surface area contributed by atoms with Gasteiger partial charge in [0.15, 0.2) is 5.76 Å². The Morgan fingerprint density at radius 3 is 2.47 bits per heavy atom.